The second kappa shape index (κ2) is 6.70. The van der Waals surface area contributed by atoms with E-state index in [0.717, 1.165) is 53.3 Å². The molecular formula is C21H20N4OS. The lowest BCUT2D eigenvalue weighted by molar-refractivity contribution is -0.130. The van der Waals surface area contributed by atoms with E-state index in [-0.39, 0.29) is 5.91 Å². The van der Waals surface area contributed by atoms with Gasteiger partial charge in [0.05, 0.1) is 16.6 Å². The molecule has 0 atom stereocenters. The van der Waals surface area contributed by atoms with Crippen molar-refractivity contribution in [3.8, 4) is 0 Å². The molecule has 0 bridgehead atoms. The summed E-state index contributed by atoms with van der Waals surface area (Å²) >= 11 is 1.73. The van der Waals surface area contributed by atoms with E-state index < -0.39 is 0 Å². The van der Waals surface area contributed by atoms with E-state index in [1.165, 1.54) is 4.70 Å². The first-order chi connectivity index (χ1) is 13.3. The Labute approximate surface area is 161 Å². The van der Waals surface area contributed by atoms with Crippen LogP contribution < -0.4 is 4.90 Å². The minimum Gasteiger partial charge on any atom is -0.361 e. The highest BCUT2D eigenvalue weighted by Gasteiger charge is 2.23. The molecule has 1 aliphatic rings. The van der Waals surface area contributed by atoms with E-state index >= 15 is 0 Å². The Morgan fingerprint density at radius 1 is 1.04 bits per heavy atom. The Morgan fingerprint density at radius 2 is 1.81 bits per heavy atom. The topological polar surface area (TPSA) is 52.2 Å². The van der Waals surface area contributed by atoms with Crippen LogP contribution in [0.3, 0.4) is 0 Å². The minimum absolute atomic E-state index is 0.198. The lowest BCUT2D eigenvalue weighted by Crippen LogP contribution is -2.49. The molecule has 1 aliphatic heterocycles. The number of amides is 1. The molecule has 0 radical (unpaired) electrons. The Kier molecular flexibility index (Phi) is 4.05. The molecule has 6 heteroatoms. The number of thiazole rings is 1. The smallest absolute Gasteiger partial charge is 0.227 e. The van der Waals surface area contributed by atoms with Crippen molar-refractivity contribution in [1.82, 2.24) is 14.9 Å². The molecule has 1 saturated heterocycles. The zero-order chi connectivity index (χ0) is 18.2. The van der Waals surface area contributed by atoms with Gasteiger partial charge in [-0.2, -0.15) is 0 Å². The molecule has 3 heterocycles. The van der Waals surface area contributed by atoms with Gasteiger partial charge in [-0.05, 0) is 23.8 Å². The molecule has 0 aliphatic carbocycles. The van der Waals surface area contributed by atoms with Crippen molar-refractivity contribution in [1.29, 1.82) is 0 Å². The van der Waals surface area contributed by atoms with Crippen molar-refractivity contribution in [3.05, 3.63) is 60.3 Å². The number of benzene rings is 2. The highest BCUT2D eigenvalue weighted by molar-refractivity contribution is 7.22. The predicted molar refractivity (Wildman–Crippen MR) is 110 cm³/mol. The van der Waals surface area contributed by atoms with E-state index in [1.54, 1.807) is 11.3 Å². The van der Waals surface area contributed by atoms with Crippen LogP contribution in [0.1, 0.15) is 5.56 Å². The summed E-state index contributed by atoms with van der Waals surface area (Å²) in [5.74, 6) is 0.198. The number of rotatable bonds is 3. The van der Waals surface area contributed by atoms with Gasteiger partial charge in [0, 0.05) is 43.3 Å². The normalized spacial score (nSPS) is 15.0. The van der Waals surface area contributed by atoms with Crippen LogP contribution in [0.25, 0.3) is 21.1 Å². The first kappa shape index (κ1) is 16.3. The fourth-order valence-corrected chi connectivity index (χ4v) is 4.71. The van der Waals surface area contributed by atoms with Gasteiger partial charge >= 0.3 is 0 Å². The molecule has 136 valence electrons. The maximum absolute atomic E-state index is 12.8. The van der Waals surface area contributed by atoms with Crippen LogP contribution in [-0.2, 0) is 11.2 Å². The van der Waals surface area contributed by atoms with Gasteiger partial charge in [-0.15, -0.1) is 0 Å². The third kappa shape index (κ3) is 3.06. The average Bonchev–Trinajstić information content (AvgIpc) is 3.32. The second-order valence-corrected chi connectivity index (χ2v) is 7.88. The number of aromatic nitrogens is 2. The molecule has 5 nitrogen and oxygen atoms in total. The molecular weight excluding hydrogens is 356 g/mol. The number of carbonyl (C=O) groups is 1. The van der Waals surface area contributed by atoms with E-state index in [1.807, 2.05) is 41.4 Å². The molecule has 2 aromatic carbocycles. The molecule has 0 unspecified atom stereocenters. The molecule has 1 fully saturated rings. The van der Waals surface area contributed by atoms with Crippen LogP contribution in [-0.4, -0.2) is 47.0 Å². The van der Waals surface area contributed by atoms with Crippen LogP contribution in [0, 0.1) is 0 Å². The largest absolute Gasteiger partial charge is 0.361 e. The van der Waals surface area contributed by atoms with Crippen LogP contribution in [0.5, 0.6) is 0 Å². The van der Waals surface area contributed by atoms with E-state index in [0.29, 0.717) is 6.42 Å². The number of hydrogen-bond acceptors (Lipinski definition) is 4. The number of para-hydroxylation sites is 2. The molecule has 5 rings (SSSR count). The first-order valence-electron chi connectivity index (χ1n) is 9.21. The maximum atomic E-state index is 12.8. The number of aromatic amines is 1. The van der Waals surface area contributed by atoms with Crippen LogP contribution in [0.4, 0.5) is 5.13 Å². The molecule has 1 N–H and O–H groups in total. The SMILES string of the molecule is O=C(Cc1c[nH]c2ccccc12)N1CCN(c2nc3ccccc3s2)CC1. The zero-order valence-corrected chi connectivity index (χ0v) is 15.7. The summed E-state index contributed by atoms with van der Waals surface area (Å²) in [4.78, 5) is 25.0. The molecule has 4 aromatic rings. The number of hydrogen-bond donors (Lipinski definition) is 1. The molecule has 2 aromatic heterocycles. The van der Waals surface area contributed by atoms with Gasteiger partial charge in [0.1, 0.15) is 0 Å². The Bertz CT molecular complexity index is 1070. The summed E-state index contributed by atoms with van der Waals surface area (Å²) in [5.41, 5.74) is 3.21. The van der Waals surface area contributed by atoms with E-state index in [2.05, 4.69) is 28.1 Å². The average molecular weight is 376 g/mol. The first-order valence-corrected chi connectivity index (χ1v) is 10.0. The molecule has 0 saturated carbocycles. The predicted octanol–water partition coefficient (Wildman–Crippen LogP) is 3.67. The molecule has 0 spiro atoms. The fourth-order valence-electron chi connectivity index (χ4n) is 3.70. The van der Waals surface area contributed by atoms with Gasteiger partial charge in [0.2, 0.25) is 5.91 Å². The number of nitrogens with zero attached hydrogens (tertiary/aromatic N) is 3. The van der Waals surface area contributed by atoms with Crippen molar-refractivity contribution >= 4 is 43.5 Å². The summed E-state index contributed by atoms with van der Waals surface area (Å²) < 4.78 is 1.21. The van der Waals surface area contributed by atoms with Crippen molar-refractivity contribution in [2.45, 2.75) is 6.42 Å². The summed E-state index contributed by atoms with van der Waals surface area (Å²) in [6, 6.07) is 16.4. The molecule has 1 amide bonds. The highest BCUT2D eigenvalue weighted by Crippen LogP contribution is 2.29. The van der Waals surface area contributed by atoms with Gasteiger partial charge in [0.15, 0.2) is 5.13 Å². The van der Waals surface area contributed by atoms with Gasteiger partial charge in [-0.3, -0.25) is 4.79 Å². The Morgan fingerprint density at radius 3 is 2.67 bits per heavy atom. The number of nitrogens with one attached hydrogen (secondary N) is 1. The van der Waals surface area contributed by atoms with Crippen molar-refractivity contribution in [2.24, 2.45) is 0 Å². The lowest BCUT2D eigenvalue weighted by Gasteiger charge is -2.34. The highest BCUT2D eigenvalue weighted by atomic mass is 32.1. The summed E-state index contributed by atoms with van der Waals surface area (Å²) in [6.07, 6.45) is 2.41. The van der Waals surface area contributed by atoms with Gasteiger partial charge in [0.25, 0.3) is 0 Å². The Balaban J connectivity index is 1.25. The number of piperazine rings is 1. The fraction of sp³-hybridized carbons (Fsp3) is 0.238. The zero-order valence-electron chi connectivity index (χ0n) is 14.9. The van der Waals surface area contributed by atoms with E-state index in [9.17, 15) is 4.79 Å². The standard InChI is InChI=1S/C21H20N4OS/c26-20(13-15-14-22-17-6-2-1-5-16(15)17)24-9-11-25(12-10-24)21-23-18-7-3-4-8-19(18)27-21/h1-8,14,22H,9-13H2. The monoisotopic (exact) mass is 376 g/mol. The Hall–Kier alpha value is -2.86. The third-order valence-corrected chi connectivity index (χ3v) is 6.30. The number of carbonyl (C=O) groups excluding carboxylic acids is 1. The van der Waals surface area contributed by atoms with Gasteiger partial charge in [-0.25, -0.2) is 4.98 Å². The third-order valence-electron chi connectivity index (χ3n) is 5.20. The number of fused-ring (bicyclic) bond motifs is 2. The summed E-state index contributed by atoms with van der Waals surface area (Å²) in [7, 11) is 0. The van der Waals surface area contributed by atoms with Gasteiger partial charge in [-0.1, -0.05) is 41.7 Å². The molecule has 27 heavy (non-hydrogen) atoms. The lowest BCUT2D eigenvalue weighted by atomic mass is 10.1. The number of H-pyrrole nitrogens is 1. The van der Waals surface area contributed by atoms with Crippen molar-refractivity contribution in [2.75, 3.05) is 31.1 Å². The van der Waals surface area contributed by atoms with Gasteiger partial charge < -0.3 is 14.8 Å². The number of anilines is 1. The summed E-state index contributed by atoms with van der Waals surface area (Å²) in [6.45, 7) is 3.16. The van der Waals surface area contributed by atoms with Crippen molar-refractivity contribution in [3.63, 3.8) is 0 Å². The van der Waals surface area contributed by atoms with Crippen molar-refractivity contribution < 1.29 is 4.79 Å². The quantitative estimate of drug-likeness (QED) is 0.594. The van der Waals surface area contributed by atoms with Crippen LogP contribution >= 0.6 is 11.3 Å². The van der Waals surface area contributed by atoms with E-state index in [4.69, 9.17) is 4.98 Å². The summed E-state index contributed by atoms with van der Waals surface area (Å²) in [5, 5.41) is 2.19. The maximum Gasteiger partial charge on any atom is 0.227 e. The van der Waals surface area contributed by atoms with Crippen LogP contribution in [0.15, 0.2) is 54.7 Å². The van der Waals surface area contributed by atoms with Crippen LogP contribution in [0.2, 0.25) is 0 Å². The second-order valence-electron chi connectivity index (χ2n) is 6.87. The minimum atomic E-state index is 0.198.